The molecule has 5 rings (SSSR count). The molecule has 0 radical (unpaired) electrons. The lowest BCUT2D eigenvalue weighted by atomic mass is 9.83. The van der Waals surface area contributed by atoms with Crippen molar-refractivity contribution in [3.05, 3.63) is 45.9 Å². The molecule has 0 amide bonds. The largest absolute Gasteiger partial charge is 0.439 e. The van der Waals surface area contributed by atoms with E-state index < -0.39 is 11.4 Å². The maximum absolute atomic E-state index is 11.6. The summed E-state index contributed by atoms with van der Waals surface area (Å²) in [4.78, 5) is 28.0. The third-order valence-corrected chi connectivity index (χ3v) is 6.72. The summed E-state index contributed by atoms with van der Waals surface area (Å²) in [5, 5.41) is 15.3. The molecule has 1 saturated carbocycles. The zero-order valence-electron chi connectivity index (χ0n) is 19.4. The van der Waals surface area contributed by atoms with E-state index in [1.54, 1.807) is 38.4 Å². The maximum Gasteiger partial charge on any atom is 0.439 e. The summed E-state index contributed by atoms with van der Waals surface area (Å²) < 4.78 is 6.78. The van der Waals surface area contributed by atoms with Crippen LogP contribution in [0.3, 0.4) is 0 Å². The van der Waals surface area contributed by atoms with Crippen LogP contribution in [0.15, 0.2) is 33.8 Å². The third-order valence-electron chi connectivity index (χ3n) is 6.51. The number of aromatic nitrogens is 6. The Hall–Kier alpha value is -3.04. The predicted octanol–water partition coefficient (Wildman–Crippen LogP) is 4.54. The minimum atomic E-state index is -1.17. The van der Waals surface area contributed by atoms with Gasteiger partial charge in [-0.1, -0.05) is 36.5 Å². The monoisotopic (exact) mass is 482 g/mol. The molecule has 9 nitrogen and oxygen atoms in total. The van der Waals surface area contributed by atoms with Gasteiger partial charge in [0.05, 0.1) is 21.7 Å². The Kier molecular flexibility index (Phi) is 5.77. The Labute approximate surface area is 201 Å². The summed E-state index contributed by atoms with van der Waals surface area (Å²) in [5.41, 5.74) is 1.93. The minimum Gasteiger partial charge on any atom is -0.383 e. The van der Waals surface area contributed by atoms with Crippen LogP contribution in [0.25, 0.3) is 33.8 Å². The molecule has 4 aromatic heterocycles. The van der Waals surface area contributed by atoms with Gasteiger partial charge in [-0.25, -0.2) is 14.8 Å². The van der Waals surface area contributed by atoms with E-state index in [1.807, 2.05) is 0 Å². The predicted molar refractivity (Wildman–Crippen MR) is 128 cm³/mol. The van der Waals surface area contributed by atoms with E-state index in [2.05, 4.69) is 31.1 Å². The summed E-state index contributed by atoms with van der Waals surface area (Å²) in [6.45, 7) is 6.50. The van der Waals surface area contributed by atoms with Crippen molar-refractivity contribution in [3.8, 4) is 22.8 Å². The van der Waals surface area contributed by atoms with Gasteiger partial charge >= 0.3 is 5.76 Å². The van der Waals surface area contributed by atoms with Crippen LogP contribution in [0.1, 0.15) is 52.3 Å². The standard InChI is InChI=1S/C24H27ClN6O3/c1-13-4-6-14(7-5-13)12-31-20-17(28-22(31)24(2,3)33)9-18(21-29-23(32)34-30-21)27-19(20)15-8-16(25)11-26-10-15/h8-11,13-14,33H,4-7,12H2,1-3H3,(H,29,30,32). The van der Waals surface area contributed by atoms with Gasteiger partial charge in [-0.15, -0.1) is 0 Å². The summed E-state index contributed by atoms with van der Waals surface area (Å²) in [5.74, 6) is 1.31. The average Bonchev–Trinajstić information content (AvgIpc) is 3.38. The molecule has 0 saturated heterocycles. The first-order valence-corrected chi connectivity index (χ1v) is 11.9. The second-order valence-corrected chi connectivity index (χ2v) is 10.2. The van der Waals surface area contributed by atoms with Crippen molar-refractivity contribution in [3.63, 3.8) is 0 Å². The second kappa shape index (κ2) is 8.63. The first-order chi connectivity index (χ1) is 16.2. The Morgan fingerprint density at radius 1 is 1.21 bits per heavy atom. The van der Waals surface area contributed by atoms with E-state index >= 15 is 0 Å². The van der Waals surface area contributed by atoms with Crippen molar-refractivity contribution in [1.82, 2.24) is 29.7 Å². The van der Waals surface area contributed by atoms with Gasteiger partial charge in [-0.3, -0.25) is 14.5 Å². The summed E-state index contributed by atoms with van der Waals surface area (Å²) in [7, 11) is 0. The number of nitrogens with one attached hydrogen (secondary N) is 1. The molecule has 1 fully saturated rings. The van der Waals surface area contributed by atoms with Crippen LogP contribution in [-0.2, 0) is 12.1 Å². The highest BCUT2D eigenvalue weighted by molar-refractivity contribution is 6.30. The fourth-order valence-electron chi connectivity index (χ4n) is 4.78. The molecule has 0 aliphatic heterocycles. The van der Waals surface area contributed by atoms with Crippen LogP contribution in [0, 0.1) is 11.8 Å². The molecule has 178 valence electrons. The number of imidazole rings is 1. The van der Waals surface area contributed by atoms with Gasteiger partial charge in [-0.05, 0) is 50.7 Å². The van der Waals surface area contributed by atoms with Gasteiger partial charge in [0.15, 0.2) is 0 Å². The molecule has 2 N–H and O–H groups in total. The molecule has 4 heterocycles. The highest BCUT2D eigenvalue weighted by Crippen LogP contribution is 2.37. The van der Waals surface area contributed by atoms with Crippen molar-refractivity contribution >= 4 is 22.6 Å². The van der Waals surface area contributed by atoms with E-state index in [9.17, 15) is 9.90 Å². The molecule has 34 heavy (non-hydrogen) atoms. The fraction of sp³-hybridized carbons (Fsp3) is 0.458. The zero-order valence-corrected chi connectivity index (χ0v) is 20.1. The number of nitrogens with zero attached hydrogens (tertiary/aromatic N) is 5. The van der Waals surface area contributed by atoms with Gasteiger partial charge in [0, 0.05) is 24.5 Å². The number of hydrogen-bond acceptors (Lipinski definition) is 7. The van der Waals surface area contributed by atoms with Gasteiger partial charge in [0.1, 0.15) is 17.1 Å². The van der Waals surface area contributed by atoms with Crippen LogP contribution >= 0.6 is 11.6 Å². The quantitative estimate of drug-likeness (QED) is 0.428. The van der Waals surface area contributed by atoms with E-state index in [4.69, 9.17) is 21.6 Å². The first kappa shape index (κ1) is 22.7. The van der Waals surface area contributed by atoms with Crippen LogP contribution in [0.4, 0.5) is 0 Å². The molecule has 0 spiro atoms. The molecule has 1 aliphatic rings. The lowest BCUT2D eigenvalue weighted by Crippen LogP contribution is -2.25. The molecule has 1 aliphatic carbocycles. The highest BCUT2D eigenvalue weighted by Gasteiger charge is 2.30. The number of rotatable bonds is 5. The number of pyridine rings is 2. The number of aliphatic hydroxyl groups is 1. The third kappa shape index (κ3) is 4.37. The molecular weight excluding hydrogens is 456 g/mol. The molecule has 0 aromatic carbocycles. The van der Waals surface area contributed by atoms with Gasteiger partial charge in [0.25, 0.3) is 0 Å². The van der Waals surface area contributed by atoms with E-state index in [0.717, 1.165) is 30.8 Å². The Morgan fingerprint density at radius 2 is 1.97 bits per heavy atom. The number of H-pyrrole nitrogens is 1. The molecule has 10 heteroatoms. The Morgan fingerprint density at radius 3 is 2.62 bits per heavy atom. The van der Waals surface area contributed by atoms with Crippen molar-refractivity contribution in [2.45, 2.75) is 58.6 Å². The lowest BCUT2D eigenvalue weighted by molar-refractivity contribution is 0.0637. The minimum absolute atomic E-state index is 0.198. The van der Waals surface area contributed by atoms with Crippen molar-refractivity contribution < 1.29 is 9.63 Å². The number of hydrogen-bond donors (Lipinski definition) is 2. The number of halogens is 1. The van der Waals surface area contributed by atoms with Crippen LogP contribution < -0.4 is 5.76 Å². The average molecular weight is 483 g/mol. The van der Waals surface area contributed by atoms with Crippen LogP contribution in [-0.4, -0.2) is 34.8 Å². The number of aromatic amines is 1. The van der Waals surface area contributed by atoms with E-state index in [-0.39, 0.29) is 5.82 Å². The topological polar surface area (TPSA) is 123 Å². The normalized spacial score (nSPS) is 19.1. The van der Waals surface area contributed by atoms with E-state index in [0.29, 0.717) is 39.2 Å². The second-order valence-electron chi connectivity index (χ2n) is 9.79. The van der Waals surface area contributed by atoms with Crippen molar-refractivity contribution in [2.75, 3.05) is 0 Å². The van der Waals surface area contributed by atoms with Gasteiger partial charge < -0.3 is 9.67 Å². The lowest BCUT2D eigenvalue weighted by Gasteiger charge is -2.28. The summed E-state index contributed by atoms with van der Waals surface area (Å²) in [6.07, 6.45) is 7.90. The van der Waals surface area contributed by atoms with Crippen molar-refractivity contribution in [1.29, 1.82) is 0 Å². The van der Waals surface area contributed by atoms with Crippen LogP contribution in [0.5, 0.6) is 0 Å². The smallest absolute Gasteiger partial charge is 0.383 e. The first-order valence-electron chi connectivity index (χ1n) is 11.5. The fourth-order valence-corrected chi connectivity index (χ4v) is 4.95. The van der Waals surface area contributed by atoms with Crippen molar-refractivity contribution in [2.24, 2.45) is 11.8 Å². The molecule has 0 atom stereocenters. The molecule has 0 bridgehead atoms. The van der Waals surface area contributed by atoms with Gasteiger partial charge in [0.2, 0.25) is 5.82 Å². The molecule has 0 unspecified atom stereocenters. The maximum atomic E-state index is 11.6. The number of fused-ring (bicyclic) bond motifs is 1. The molecule has 4 aromatic rings. The van der Waals surface area contributed by atoms with E-state index in [1.165, 1.54) is 12.8 Å². The van der Waals surface area contributed by atoms with Gasteiger partial charge in [-0.2, -0.15) is 0 Å². The summed E-state index contributed by atoms with van der Waals surface area (Å²) >= 11 is 6.27. The molecular formula is C24H27ClN6O3. The van der Waals surface area contributed by atoms with Crippen LogP contribution in [0.2, 0.25) is 5.02 Å². The summed E-state index contributed by atoms with van der Waals surface area (Å²) in [6, 6.07) is 3.54. The zero-order chi connectivity index (χ0) is 24.0. The Bertz CT molecular complexity index is 1390. The Balaban J connectivity index is 1.76. The highest BCUT2D eigenvalue weighted by atomic mass is 35.5. The SMILES string of the molecule is CC1CCC(Cn2c(C(C)(C)O)nc3cc(-c4noc(=O)[nH]4)nc(-c4cncc(Cl)c4)c32)CC1.